The molecule has 1 saturated carbocycles. The summed E-state index contributed by atoms with van der Waals surface area (Å²) in [6.45, 7) is 3.10. The van der Waals surface area contributed by atoms with Crippen LogP contribution in [0.4, 0.5) is 5.69 Å². The Morgan fingerprint density at radius 2 is 1.70 bits per heavy atom. The highest BCUT2D eigenvalue weighted by Crippen LogP contribution is 2.43. The maximum atomic E-state index is 12.5. The van der Waals surface area contributed by atoms with Gasteiger partial charge in [-0.25, -0.2) is 0 Å². The van der Waals surface area contributed by atoms with Gasteiger partial charge in [0.15, 0.2) is 11.5 Å². The fourth-order valence-electron chi connectivity index (χ4n) is 3.44. The number of ether oxygens (including phenoxy) is 2. The van der Waals surface area contributed by atoms with E-state index in [4.69, 9.17) is 9.47 Å². The van der Waals surface area contributed by atoms with E-state index in [2.05, 4.69) is 10.6 Å². The topological polar surface area (TPSA) is 76.7 Å². The van der Waals surface area contributed by atoms with Crippen LogP contribution in [0, 0.1) is 12.8 Å². The number of nitrogens with one attached hydrogen (secondary N) is 2. The van der Waals surface area contributed by atoms with Crippen molar-refractivity contribution in [3.8, 4) is 11.5 Å². The van der Waals surface area contributed by atoms with Crippen molar-refractivity contribution < 1.29 is 19.1 Å². The van der Waals surface area contributed by atoms with E-state index in [1.807, 2.05) is 49.4 Å². The lowest BCUT2D eigenvalue weighted by atomic mass is 10.0. The van der Waals surface area contributed by atoms with Gasteiger partial charge in [0, 0.05) is 5.69 Å². The average molecular weight is 427 g/mol. The number of anilines is 1. The fourth-order valence-corrected chi connectivity index (χ4v) is 4.07. The van der Waals surface area contributed by atoms with Gasteiger partial charge in [-0.1, -0.05) is 23.8 Å². The first-order valence-corrected chi connectivity index (χ1v) is 11.4. The minimum absolute atomic E-state index is 0.0321. The molecule has 30 heavy (non-hydrogen) atoms. The molecule has 1 aliphatic heterocycles. The fraction of sp³-hybridized carbons (Fsp3) is 0.391. The maximum Gasteiger partial charge on any atom is 0.234 e. The minimum atomic E-state index is -0.109. The van der Waals surface area contributed by atoms with Crippen molar-refractivity contribution in [3.63, 3.8) is 0 Å². The van der Waals surface area contributed by atoms with Crippen LogP contribution in [0.1, 0.15) is 30.0 Å². The molecule has 0 unspecified atom stereocenters. The largest absolute Gasteiger partial charge is 0.486 e. The third kappa shape index (κ3) is 5.48. The van der Waals surface area contributed by atoms with Crippen LogP contribution in [0.5, 0.6) is 11.5 Å². The van der Waals surface area contributed by atoms with Crippen LogP contribution < -0.4 is 20.1 Å². The van der Waals surface area contributed by atoms with E-state index >= 15 is 0 Å². The molecule has 7 heteroatoms. The van der Waals surface area contributed by atoms with Gasteiger partial charge in [0.05, 0.1) is 17.5 Å². The van der Waals surface area contributed by atoms with Gasteiger partial charge in [0.25, 0.3) is 0 Å². The van der Waals surface area contributed by atoms with Gasteiger partial charge in [-0.05, 0) is 55.5 Å². The molecular weight excluding hydrogens is 400 g/mol. The Morgan fingerprint density at radius 1 is 1.00 bits per heavy atom. The molecule has 2 amide bonds. The molecule has 1 atom stereocenters. The molecule has 0 saturated heterocycles. The maximum absolute atomic E-state index is 12.5. The van der Waals surface area contributed by atoms with Crippen LogP contribution in [0.15, 0.2) is 42.5 Å². The number of amides is 2. The molecule has 6 nitrogen and oxygen atoms in total. The van der Waals surface area contributed by atoms with Crippen molar-refractivity contribution in [3.05, 3.63) is 53.6 Å². The number of hydrogen-bond donors (Lipinski definition) is 2. The molecule has 2 N–H and O–H groups in total. The lowest BCUT2D eigenvalue weighted by molar-refractivity contribution is -0.119. The van der Waals surface area contributed by atoms with E-state index in [9.17, 15) is 9.59 Å². The van der Waals surface area contributed by atoms with Gasteiger partial charge < -0.3 is 20.1 Å². The normalized spacial score (nSPS) is 15.9. The first-order valence-electron chi connectivity index (χ1n) is 10.2. The number of benzene rings is 2. The molecule has 4 rings (SSSR count). The van der Waals surface area contributed by atoms with Crippen LogP contribution in [-0.4, -0.2) is 36.5 Å². The van der Waals surface area contributed by atoms with Crippen molar-refractivity contribution in [1.82, 2.24) is 5.32 Å². The highest BCUT2D eigenvalue weighted by atomic mass is 32.2. The zero-order valence-corrected chi connectivity index (χ0v) is 17.8. The predicted molar refractivity (Wildman–Crippen MR) is 118 cm³/mol. The number of hydrogen-bond acceptors (Lipinski definition) is 5. The highest BCUT2D eigenvalue weighted by Gasteiger charge is 2.34. The first-order chi connectivity index (χ1) is 14.6. The monoisotopic (exact) mass is 426 g/mol. The van der Waals surface area contributed by atoms with E-state index < -0.39 is 0 Å². The Hall–Kier alpha value is -2.67. The summed E-state index contributed by atoms with van der Waals surface area (Å²) < 4.78 is 11.3. The van der Waals surface area contributed by atoms with Crippen LogP contribution in [-0.2, 0) is 9.59 Å². The second-order valence-electron chi connectivity index (χ2n) is 7.69. The zero-order valence-electron chi connectivity index (χ0n) is 17.0. The minimum Gasteiger partial charge on any atom is -0.486 e. The quantitative estimate of drug-likeness (QED) is 0.673. The van der Waals surface area contributed by atoms with Crippen molar-refractivity contribution in [2.45, 2.75) is 25.8 Å². The Labute approximate surface area is 180 Å². The van der Waals surface area contributed by atoms with E-state index in [-0.39, 0.29) is 29.4 Å². The zero-order chi connectivity index (χ0) is 20.9. The Kier molecular flexibility index (Phi) is 6.47. The molecule has 2 aromatic rings. The van der Waals surface area contributed by atoms with Crippen LogP contribution in [0.2, 0.25) is 0 Å². The summed E-state index contributed by atoms with van der Waals surface area (Å²) in [7, 11) is 0. The van der Waals surface area contributed by atoms with Gasteiger partial charge in [-0.3, -0.25) is 9.59 Å². The lowest BCUT2D eigenvalue weighted by Crippen LogP contribution is -2.31. The Bertz CT molecular complexity index is 912. The number of fused-ring (bicyclic) bond motifs is 1. The van der Waals surface area contributed by atoms with Crippen LogP contribution in [0.25, 0.3) is 0 Å². The summed E-state index contributed by atoms with van der Waals surface area (Å²) in [6.07, 6.45) is 2.21. The Balaban J connectivity index is 1.27. The lowest BCUT2D eigenvalue weighted by Gasteiger charge is -2.23. The number of thioether (sulfide) groups is 1. The van der Waals surface area contributed by atoms with Crippen LogP contribution >= 0.6 is 11.8 Å². The predicted octanol–water partition coefficient (Wildman–Crippen LogP) is 3.71. The summed E-state index contributed by atoms with van der Waals surface area (Å²) in [5.41, 5.74) is 2.95. The molecule has 1 aliphatic carbocycles. The second-order valence-corrected chi connectivity index (χ2v) is 8.68. The van der Waals surface area contributed by atoms with Gasteiger partial charge in [-0.2, -0.15) is 0 Å². The molecule has 0 radical (unpaired) electrons. The SMILES string of the molecule is Cc1ccc(NC(=O)CSCC(=O)N[C@H](c2ccc3c(c2)OCCO3)C2CC2)cc1. The van der Waals surface area contributed by atoms with Crippen molar-refractivity contribution in [2.75, 3.05) is 30.0 Å². The van der Waals surface area contributed by atoms with Crippen molar-refractivity contribution in [2.24, 2.45) is 5.92 Å². The summed E-state index contributed by atoms with van der Waals surface area (Å²) >= 11 is 1.32. The molecule has 158 valence electrons. The van der Waals surface area contributed by atoms with Gasteiger partial charge >= 0.3 is 0 Å². The van der Waals surface area contributed by atoms with Gasteiger partial charge in [0.1, 0.15) is 13.2 Å². The smallest absolute Gasteiger partial charge is 0.234 e. The molecular formula is C23H26N2O4S. The Morgan fingerprint density at radius 3 is 2.43 bits per heavy atom. The van der Waals surface area contributed by atoms with Crippen molar-refractivity contribution >= 4 is 29.3 Å². The third-order valence-electron chi connectivity index (χ3n) is 5.14. The number of carbonyl (C=O) groups is 2. The van der Waals surface area contributed by atoms with Crippen molar-refractivity contribution in [1.29, 1.82) is 0 Å². The molecule has 0 spiro atoms. The molecule has 1 heterocycles. The average Bonchev–Trinajstić information content (AvgIpc) is 3.58. The molecule has 2 aliphatic rings. The van der Waals surface area contributed by atoms with Crippen LogP contribution in [0.3, 0.4) is 0 Å². The molecule has 2 aromatic carbocycles. The number of carbonyl (C=O) groups excluding carboxylic acids is 2. The van der Waals surface area contributed by atoms with E-state index in [0.717, 1.165) is 41.2 Å². The number of aryl methyl sites for hydroxylation is 1. The molecule has 0 aromatic heterocycles. The first kappa shape index (κ1) is 20.6. The summed E-state index contributed by atoms with van der Waals surface area (Å²) in [5.74, 6) is 2.25. The van der Waals surface area contributed by atoms with Gasteiger partial charge in [-0.15, -0.1) is 11.8 Å². The van der Waals surface area contributed by atoms with Gasteiger partial charge in [0.2, 0.25) is 11.8 Å². The summed E-state index contributed by atoms with van der Waals surface area (Å²) in [4.78, 5) is 24.6. The summed E-state index contributed by atoms with van der Waals surface area (Å²) in [5, 5.41) is 5.99. The van der Waals surface area contributed by atoms with E-state index in [1.165, 1.54) is 11.8 Å². The van der Waals surface area contributed by atoms with E-state index in [1.54, 1.807) is 0 Å². The standard InChI is InChI=1S/C23H26N2O4S/c1-15-2-7-18(8-3-15)24-21(26)13-30-14-22(27)25-23(16-4-5-16)17-6-9-19-20(12-17)29-11-10-28-19/h2-3,6-9,12,16,23H,4-5,10-11,13-14H2,1H3,(H,24,26)(H,25,27)/t23-/m0/s1. The number of rotatable bonds is 8. The molecule has 0 bridgehead atoms. The second kappa shape index (κ2) is 9.43. The highest BCUT2D eigenvalue weighted by molar-refractivity contribution is 8.00. The third-order valence-corrected chi connectivity index (χ3v) is 6.07. The van der Waals surface area contributed by atoms with E-state index in [0.29, 0.717) is 19.1 Å². The molecule has 1 fully saturated rings. The summed E-state index contributed by atoms with van der Waals surface area (Å²) in [6, 6.07) is 13.5.